The molecule has 292 valence electrons. The molecule has 0 saturated carbocycles. The number of phenols is 3. The van der Waals surface area contributed by atoms with Gasteiger partial charge in [0.05, 0.1) is 33.0 Å². The Balaban J connectivity index is 1.40. The number of hydrogen-bond donors (Lipinski definition) is 11. The van der Waals surface area contributed by atoms with Crippen molar-refractivity contribution >= 4 is 11.0 Å². The lowest BCUT2D eigenvalue weighted by Crippen LogP contribution is -2.63. The monoisotopic (exact) mass is 756 g/mol. The number of hydrogen-bond acceptors (Lipinski definition) is 20. The summed E-state index contributed by atoms with van der Waals surface area (Å²) in [5.74, 6) is -2.62. The lowest BCUT2D eigenvalue weighted by molar-refractivity contribution is -0.335. The van der Waals surface area contributed by atoms with Crippen LogP contribution >= 0.6 is 0 Å². The molecule has 0 amide bonds. The summed E-state index contributed by atoms with van der Waals surface area (Å²) in [6, 6.07) is 5.68. The van der Waals surface area contributed by atoms with Gasteiger partial charge in [0.2, 0.25) is 17.5 Å². The number of rotatable bonds is 10. The largest absolute Gasteiger partial charge is 0.508 e. The van der Waals surface area contributed by atoms with Gasteiger partial charge in [-0.2, -0.15) is 0 Å². The Kier molecular flexibility index (Phi) is 11.1. The molecule has 0 unspecified atom stereocenters. The van der Waals surface area contributed by atoms with Crippen LogP contribution in [0.5, 0.6) is 28.7 Å². The number of methoxy groups -OCH3 is 1. The average molecular weight is 757 g/mol. The van der Waals surface area contributed by atoms with E-state index in [9.17, 15) is 61.0 Å². The van der Waals surface area contributed by atoms with Crippen LogP contribution in [0, 0.1) is 0 Å². The predicted octanol–water partition coefficient (Wildman–Crippen LogP) is -2.92. The van der Waals surface area contributed by atoms with Gasteiger partial charge in [-0.3, -0.25) is 4.79 Å². The van der Waals surface area contributed by atoms with Crippen molar-refractivity contribution in [3.63, 3.8) is 0 Å². The molecule has 0 spiro atoms. The van der Waals surface area contributed by atoms with Gasteiger partial charge < -0.3 is 93.7 Å². The van der Waals surface area contributed by atoms with Crippen molar-refractivity contribution in [2.75, 3.05) is 26.9 Å². The first kappa shape index (κ1) is 38.8. The maximum atomic E-state index is 14.1. The van der Waals surface area contributed by atoms with E-state index < -0.39 is 127 Å². The quantitative estimate of drug-likeness (QED) is 0.0987. The molecule has 53 heavy (non-hydrogen) atoms. The molecule has 2 aromatic carbocycles. The van der Waals surface area contributed by atoms with Crippen molar-refractivity contribution in [2.24, 2.45) is 0 Å². The SMILES string of the molecule is COc1cc(-c2oc3cc(O)cc(O)c3c(=O)c2O[C@H]2O[C@@H](CO[C@H]3O[C@@H](C)[C@H](O)[C@@H](O)[C@@H]3O)[C@H](O)[C@@H](O)[C@@H]2O[C@H]2OC[C@](O)(CO)[C@@H]2O)ccc1O. The zero-order valence-corrected chi connectivity index (χ0v) is 28.0. The molecule has 13 atom stereocenters. The lowest BCUT2D eigenvalue weighted by atomic mass is 9.97. The Hall–Kier alpha value is -3.87. The van der Waals surface area contributed by atoms with Crippen molar-refractivity contribution in [1.29, 1.82) is 0 Å². The van der Waals surface area contributed by atoms with Gasteiger partial charge in [0.15, 0.2) is 35.9 Å². The summed E-state index contributed by atoms with van der Waals surface area (Å²) in [7, 11) is 1.26. The predicted molar refractivity (Wildman–Crippen MR) is 172 cm³/mol. The molecule has 6 rings (SSSR count). The Bertz CT molecular complexity index is 1830. The van der Waals surface area contributed by atoms with E-state index in [1.165, 1.54) is 32.2 Å². The Labute approximate surface area is 298 Å². The second-order valence-corrected chi connectivity index (χ2v) is 13.0. The Morgan fingerprint density at radius 2 is 1.60 bits per heavy atom. The highest BCUT2D eigenvalue weighted by Gasteiger charge is 2.54. The third-order valence-corrected chi connectivity index (χ3v) is 9.34. The number of ether oxygens (including phenoxy) is 7. The van der Waals surface area contributed by atoms with E-state index in [-0.39, 0.29) is 28.4 Å². The molecule has 3 saturated heterocycles. The first-order chi connectivity index (χ1) is 25.1. The van der Waals surface area contributed by atoms with Crippen LogP contribution in [0.15, 0.2) is 39.5 Å². The highest BCUT2D eigenvalue weighted by molar-refractivity contribution is 5.88. The minimum atomic E-state index is -2.18. The number of fused-ring (bicyclic) bond motifs is 1. The highest BCUT2D eigenvalue weighted by Crippen LogP contribution is 2.40. The summed E-state index contributed by atoms with van der Waals surface area (Å²) in [5, 5.41) is 115. The Morgan fingerprint density at radius 3 is 2.28 bits per heavy atom. The zero-order chi connectivity index (χ0) is 38.5. The van der Waals surface area contributed by atoms with Gasteiger partial charge in [0.1, 0.15) is 70.8 Å². The van der Waals surface area contributed by atoms with Gasteiger partial charge in [0, 0.05) is 17.7 Å². The van der Waals surface area contributed by atoms with Crippen LogP contribution in [0.3, 0.4) is 0 Å². The van der Waals surface area contributed by atoms with Crippen molar-refractivity contribution in [3.05, 3.63) is 40.6 Å². The molecule has 11 N–H and O–H groups in total. The number of benzene rings is 2. The summed E-state index contributed by atoms with van der Waals surface area (Å²) < 4.78 is 45.2. The van der Waals surface area contributed by atoms with Crippen molar-refractivity contribution in [1.82, 2.24) is 0 Å². The topological polar surface area (TPSA) is 317 Å². The van der Waals surface area contributed by atoms with Crippen molar-refractivity contribution in [2.45, 2.75) is 86.3 Å². The van der Waals surface area contributed by atoms with Gasteiger partial charge in [0.25, 0.3) is 0 Å². The fourth-order valence-electron chi connectivity index (χ4n) is 6.19. The smallest absolute Gasteiger partial charge is 0.239 e. The summed E-state index contributed by atoms with van der Waals surface area (Å²) in [6.45, 7) is -0.830. The summed E-state index contributed by atoms with van der Waals surface area (Å²) in [4.78, 5) is 14.1. The maximum Gasteiger partial charge on any atom is 0.239 e. The molecule has 20 heteroatoms. The van der Waals surface area contributed by atoms with Gasteiger partial charge in [-0.15, -0.1) is 0 Å². The minimum absolute atomic E-state index is 0.0473. The first-order valence-corrected chi connectivity index (χ1v) is 16.3. The number of aromatic hydroxyl groups is 3. The molecule has 3 aliphatic heterocycles. The van der Waals surface area contributed by atoms with E-state index in [1.807, 2.05) is 0 Å². The van der Waals surface area contributed by atoms with E-state index in [0.29, 0.717) is 0 Å². The molecule has 3 aliphatic rings. The van der Waals surface area contributed by atoms with Crippen LogP contribution in [0.25, 0.3) is 22.3 Å². The second kappa shape index (κ2) is 15.1. The molecule has 3 aromatic rings. The number of aliphatic hydroxyl groups excluding tert-OH is 7. The normalized spacial score (nSPS) is 36.1. The fraction of sp³-hybridized carbons (Fsp3) is 0.545. The van der Waals surface area contributed by atoms with Crippen LogP contribution in [-0.2, 0) is 23.7 Å². The lowest BCUT2D eigenvalue weighted by Gasteiger charge is -2.44. The zero-order valence-electron chi connectivity index (χ0n) is 28.0. The van der Waals surface area contributed by atoms with Gasteiger partial charge in [-0.05, 0) is 25.1 Å². The van der Waals surface area contributed by atoms with E-state index in [4.69, 9.17) is 37.6 Å². The molecule has 0 aliphatic carbocycles. The summed E-state index contributed by atoms with van der Waals surface area (Å²) >= 11 is 0. The van der Waals surface area contributed by atoms with Crippen molar-refractivity contribution in [3.8, 4) is 40.1 Å². The maximum absolute atomic E-state index is 14.1. The minimum Gasteiger partial charge on any atom is -0.508 e. The molecule has 20 nitrogen and oxygen atoms in total. The molecular formula is C33H40O20. The Morgan fingerprint density at radius 1 is 0.868 bits per heavy atom. The molecule has 1 aromatic heterocycles. The van der Waals surface area contributed by atoms with E-state index in [2.05, 4.69) is 0 Å². The third-order valence-electron chi connectivity index (χ3n) is 9.34. The fourth-order valence-corrected chi connectivity index (χ4v) is 6.19. The summed E-state index contributed by atoms with van der Waals surface area (Å²) in [6.07, 6.45) is -20.4. The number of phenolic OH excluding ortho intramolecular Hbond substituents is 3. The van der Waals surface area contributed by atoms with Gasteiger partial charge >= 0.3 is 0 Å². The van der Waals surface area contributed by atoms with E-state index in [1.54, 1.807) is 0 Å². The van der Waals surface area contributed by atoms with E-state index in [0.717, 1.165) is 12.1 Å². The van der Waals surface area contributed by atoms with Crippen LogP contribution in [0.1, 0.15) is 6.92 Å². The molecule has 0 bridgehead atoms. The molecule has 4 heterocycles. The number of aliphatic hydroxyl groups is 8. The molecule has 3 fully saturated rings. The highest BCUT2D eigenvalue weighted by atomic mass is 16.8. The second-order valence-electron chi connectivity index (χ2n) is 13.0. The van der Waals surface area contributed by atoms with Crippen LogP contribution in [0.4, 0.5) is 0 Å². The van der Waals surface area contributed by atoms with E-state index >= 15 is 0 Å². The molecule has 0 radical (unpaired) electrons. The van der Waals surface area contributed by atoms with Gasteiger partial charge in [-0.1, -0.05) is 0 Å². The molecular weight excluding hydrogens is 716 g/mol. The third kappa shape index (κ3) is 7.22. The van der Waals surface area contributed by atoms with Crippen LogP contribution < -0.4 is 14.9 Å². The summed E-state index contributed by atoms with van der Waals surface area (Å²) in [5.41, 5.74) is -3.49. The van der Waals surface area contributed by atoms with Crippen molar-refractivity contribution < 1.29 is 93.7 Å². The average Bonchev–Trinajstić information content (AvgIpc) is 3.41. The first-order valence-electron chi connectivity index (χ1n) is 16.3. The standard InChI is InChI=1S/C33H40O20/c1-11-20(38)23(41)25(43)30(49-11)47-8-18-21(39)24(42)28(53-32-29(44)33(45,9-34)10-48-32)31(51-18)52-27-22(40)19-15(37)6-13(35)7-17(19)50-26(27)12-3-4-14(36)16(5-12)46-2/h3-7,11,18,20-21,23-25,28-32,34-39,41-45H,8-10H2,1-2H3/t11-,18-,20-,21-,23+,24+,25-,28-,29+,30-,31+,32+,33+/m0/s1. The van der Waals surface area contributed by atoms with Crippen LogP contribution in [0.2, 0.25) is 0 Å². The van der Waals surface area contributed by atoms with Gasteiger partial charge in [-0.25, -0.2) is 0 Å². The van der Waals surface area contributed by atoms with Crippen LogP contribution in [-0.4, -0.2) is 163 Å².